The molecule has 9 nitrogen and oxygen atoms in total. The average Bonchev–Trinajstić information content (AvgIpc) is 2.95. The van der Waals surface area contributed by atoms with Gasteiger partial charge >= 0.3 is 5.97 Å². The van der Waals surface area contributed by atoms with Crippen molar-refractivity contribution in [3.63, 3.8) is 0 Å². The number of hydrogen-bond donors (Lipinski definition) is 4. The average molecular weight is 459 g/mol. The molecule has 0 saturated heterocycles. The Kier molecular flexibility index (Phi) is 5.50. The van der Waals surface area contributed by atoms with Crippen LogP contribution < -0.4 is 16.0 Å². The molecule has 0 saturated carbocycles. The lowest BCUT2D eigenvalue weighted by Crippen LogP contribution is -2.34. The molecule has 0 radical (unpaired) electrons. The summed E-state index contributed by atoms with van der Waals surface area (Å²) in [4.78, 5) is 37.9. The van der Waals surface area contributed by atoms with Crippen LogP contribution in [0.25, 0.3) is 11.1 Å². The zero-order valence-electron chi connectivity index (χ0n) is 16.9. The van der Waals surface area contributed by atoms with E-state index < -0.39 is 5.97 Å². The number of carbonyl (C=O) groups is 2. The smallest absolute Gasteiger partial charge is 0.341 e. The standard InChI is InChI=1S/C20H19ClN6O3S/c1-8-6-22-15-14(10(3)31-16(15)18(28)24-8)11-4-5-13(25-9(11)2)26-17-12(19(29)30)7-23-20(21)27-17/h4-5,7-8,22H,6H2,1-3H3,(H,24,28)(H,29,30)(H,23,25,26,27)/t8-/m1/s1. The molecular weight excluding hydrogens is 440 g/mol. The molecule has 0 unspecified atom stereocenters. The number of pyridine rings is 1. The maximum Gasteiger partial charge on any atom is 0.341 e. The molecule has 0 aromatic carbocycles. The number of rotatable bonds is 4. The van der Waals surface area contributed by atoms with Gasteiger partial charge in [0.1, 0.15) is 16.3 Å². The van der Waals surface area contributed by atoms with Gasteiger partial charge in [0.25, 0.3) is 5.91 Å². The number of hydrogen-bond acceptors (Lipinski definition) is 8. The molecule has 0 bridgehead atoms. The Bertz CT molecular complexity index is 1210. The van der Waals surface area contributed by atoms with E-state index in [0.29, 0.717) is 22.9 Å². The topological polar surface area (TPSA) is 129 Å². The van der Waals surface area contributed by atoms with E-state index in [1.54, 1.807) is 6.07 Å². The van der Waals surface area contributed by atoms with E-state index in [9.17, 15) is 14.7 Å². The minimum Gasteiger partial charge on any atom is -0.477 e. The molecule has 4 N–H and O–H groups in total. The number of halogens is 1. The summed E-state index contributed by atoms with van der Waals surface area (Å²) >= 11 is 7.26. The number of carbonyl (C=O) groups excluding carboxylic acids is 1. The van der Waals surface area contributed by atoms with Gasteiger partial charge in [-0.2, -0.15) is 4.98 Å². The summed E-state index contributed by atoms with van der Waals surface area (Å²) < 4.78 is 0. The number of aromatic carboxylic acids is 1. The van der Waals surface area contributed by atoms with Gasteiger partial charge in [-0.1, -0.05) is 0 Å². The van der Waals surface area contributed by atoms with Gasteiger partial charge in [0, 0.05) is 40.5 Å². The van der Waals surface area contributed by atoms with E-state index >= 15 is 0 Å². The third-order valence-electron chi connectivity index (χ3n) is 4.84. The molecule has 3 aromatic heterocycles. The molecule has 4 rings (SSSR count). The van der Waals surface area contributed by atoms with E-state index in [4.69, 9.17) is 11.6 Å². The minimum atomic E-state index is -1.18. The lowest BCUT2D eigenvalue weighted by Gasteiger charge is -2.14. The summed E-state index contributed by atoms with van der Waals surface area (Å²) in [6.45, 7) is 6.40. The van der Waals surface area contributed by atoms with Gasteiger partial charge < -0.3 is 21.1 Å². The first-order chi connectivity index (χ1) is 14.7. The van der Waals surface area contributed by atoms with Crippen molar-refractivity contribution in [2.75, 3.05) is 17.2 Å². The number of fused-ring (bicyclic) bond motifs is 1. The molecule has 4 heterocycles. The molecule has 1 aliphatic heterocycles. The molecule has 160 valence electrons. The highest BCUT2D eigenvalue weighted by atomic mass is 35.5. The van der Waals surface area contributed by atoms with Gasteiger partial charge in [-0.3, -0.25) is 4.79 Å². The van der Waals surface area contributed by atoms with Crippen LogP contribution in [0.5, 0.6) is 0 Å². The fourth-order valence-electron chi connectivity index (χ4n) is 3.42. The fourth-order valence-corrected chi connectivity index (χ4v) is 4.60. The highest BCUT2D eigenvalue weighted by Crippen LogP contribution is 2.42. The summed E-state index contributed by atoms with van der Waals surface area (Å²) in [6, 6.07) is 3.64. The van der Waals surface area contributed by atoms with Crippen molar-refractivity contribution in [1.82, 2.24) is 20.3 Å². The number of carboxylic acid groups (broad SMARTS) is 1. The summed E-state index contributed by atoms with van der Waals surface area (Å²) in [5, 5.41) is 18.5. The zero-order chi connectivity index (χ0) is 22.3. The Morgan fingerprint density at radius 1 is 1.32 bits per heavy atom. The summed E-state index contributed by atoms with van der Waals surface area (Å²) in [6.07, 6.45) is 1.14. The molecule has 11 heteroatoms. The Labute approximate surface area is 186 Å². The van der Waals surface area contributed by atoms with Crippen molar-refractivity contribution < 1.29 is 14.7 Å². The second-order valence-corrected chi connectivity index (χ2v) is 8.72. The van der Waals surface area contributed by atoms with Gasteiger partial charge in [0.2, 0.25) is 5.28 Å². The number of aromatic nitrogens is 3. The Balaban J connectivity index is 1.71. The van der Waals surface area contributed by atoms with Crippen molar-refractivity contribution in [3.8, 4) is 11.1 Å². The van der Waals surface area contributed by atoms with Gasteiger partial charge in [0.15, 0.2) is 5.82 Å². The number of carboxylic acids is 1. The molecule has 1 aliphatic rings. The number of aryl methyl sites for hydroxylation is 2. The van der Waals surface area contributed by atoms with Crippen LogP contribution in [0.15, 0.2) is 18.3 Å². The minimum absolute atomic E-state index is 0.0224. The summed E-state index contributed by atoms with van der Waals surface area (Å²) in [7, 11) is 0. The van der Waals surface area contributed by atoms with Crippen molar-refractivity contribution in [3.05, 3.63) is 44.6 Å². The van der Waals surface area contributed by atoms with E-state index in [1.807, 2.05) is 26.8 Å². The molecule has 0 spiro atoms. The molecule has 0 aliphatic carbocycles. The highest BCUT2D eigenvalue weighted by Gasteiger charge is 2.27. The lowest BCUT2D eigenvalue weighted by atomic mass is 10.0. The molecule has 1 atom stereocenters. The summed E-state index contributed by atoms with van der Waals surface area (Å²) in [5.41, 5.74) is 3.24. The van der Waals surface area contributed by atoms with Gasteiger partial charge in [-0.05, 0) is 44.5 Å². The number of nitrogens with one attached hydrogen (secondary N) is 3. The normalized spacial score (nSPS) is 15.5. The van der Waals surface area contributed by atoms with Crippen LogP contribution in [-0.4, -0.2) is 44.5 Å². The largest absolute Gasteiger partial charge is 0.477 e. The van der Waals surface area contributed by atoms with E-state index in [-0.39, 0.29) is 28.6 Å². The Hall–Kier alpha value is -3.24. The third-order valence-corrected chi connectivity index (χ3v) is 6.13. The maximum absolute atomic E-state index is 12.5. The third kappa shape index (κ3) is 4.04. The van der Waals surface area contributed by atoms with E-state index in [0.717, 1.165) is 27.9 Å². The van der Waals surface area contributed by atoms with Crippen molar-refractivity contribution in [1.29, 1.82) is 0 Å². The van der Waals surface area contributed by atoms with Gasteiger partial charge in [-0.25, -0.2) is 14.8 Å². The van der Waals surface area contributed by atoms with Gasteiger partial charge in [0.05, 0.1) is 5.69 Å². The number of thiophene rings is 1. The van der Waals surface area contributed by atoms with Crippen LogP contribution in [0.3, 0.4) is 0 Å². The number of amides is 1. The van der Waals surface area contributed by atoms with Gasteiger partial charge in [-0.15, -0.1) is 11.3 Å². The predicted octanol–water partition coefficient (Wildman–Crippen LogP) is 3.86. The van der Waals surface area contributed by atoms with Crippen LogP contribution in [0.2, 0.25) is 5.28 Å². The van der Waals surface area contributed by atoms with Crippen LogP contribution in [0.1, 0.15) is 37.5 Å². The molecule has 1 amide bonds. The van der Waals surface area contributed by atoms with Crippen LogP contribution in [0, 0.1) is 13.8 Å². The number of nitrogens with zero attached hydrogens (tertiary/aromatic N) is 3. The molecule has 0 fully saturated rings. The predicted molar refractivity (Wildman–Crippen MR) is 120 cm³/mol. The molecular formula is C20H19ClN6O3S. The van der Waals surface area contributed by atoms with E-state index in [1.165, 1.54) is 11.3 Å². The van der Waals surface area contributed by atoms with Crippen LogP contribution in [-0.2, 0) is 0 Å². The lowest BCUT2D eigenvalue weighted by molar-refractivity contribution is 0.0697. The molecule has 31 heavy (non-hydrogen) atoms. The Morgan fingerprint density at radius 2 is 2.10 bits per heavy atom. The first-order valence-electron chi connectivity index (χ1n) is 9.43. The fraction of sp³-hybridized carbons (Fsp3) is 0.250. The van der Waals surface area contributed by atoms with Crippen molar-refractivity contribution in [2.45, 2.75) is 26.8 Å². The SMILES string of the molecule is Cc1nc(Nc2nc(Cl)ncc2C(=O)O)ccc1-c1c(C)sc2c1NC[C@@H](C)NC2=O. The first kappa shape index (κ1) is 21.0. The number of anilines is 3. The van der Waals surface area contributed by atoms with Crippen LogP contribution >= 0.6 is 22.9 Å². The zero-order valence-corrected chi connectivity index (χ0v) is 18.5. The molecule has 3 aromatic rings. The second-order valence-electron chi connectivity index (χ2n) is 7.15. The first-order valence-corrected chi connectivity index (χ1v) is 10.6. The quantitative estimate of drug-likeness (QED) is 0.434. The van der Waals surface area contributed by atoms with Crippen molar-refractivity contribution in [2.24, 2.45) is 0 Å². The van der Waals surface area contributed by atoms with Crippen LogP contribution in [0.4, 0.5) is 17.3 Å². The monoisotopic (exact) mass is 458 g/mol. The Morgan fingerprint density at radius 3 is 2.81 bits per heavy atom. The highest BCUT2D eigenvalue weighted by molar-refractivity contribution is 7.15. The van der Waals surface area contributed by atoms with E-state index in [2.05, 4.69) is 30.9 Å². The summed E-state index contributed by atoms with van der Waals surface area (Å²) in [5.74, 6) is -0.794. The maximum atomic E-state index is 12.5. The van der Waals surface area contributed by atoms with Crippen molar-refractivity contribution >= 4 is 52.1 Å². The second kappa shape index (κ2) is 8.12.